The molecule has 0 fully saturated rings. The Morgan fingerprint density at radius 1 is 1.50 bits per heavy atom. The summed E-state index contributed by atoms with van der Waals surface area (Å²) in [6.45, 7) is 2.90. The van der Waals surface area contributed by atoms with E-state index < -0.39 is 11.9 Å². The minimum absolute atomic E-state index is 0.0433. The van der Waals surface area contributed by atoms with Gasteiger partial charge < -0.3 is 20.5 Å². The first kappa shape index (κ1) is 16.4. The average molecular weight is 284 g/mol. The Balaban J connectivity index is 2.48. The summed E-state index contributed by atoms with van der Waals surface area (Å²) in [4.78, 5) is 11.7. The second kappa shape index (κ2) is 8.50. The Morgan fingerprint density at radius 3 is 2.85 bits per heavy atom. The number of benzene rings is 1. The molecule has 112 valence electrons. The minimum Gasteiger partial charge on any atom is -0.478 e. The van der Waals surface area contributed by atoms with Gasteiger partial charge in [0.1, 0.15) is 0 Å². The van der Waals surface area contributed by atoms with Crippen molar-refractivity contribution in [2.75, 3.05) is 20.3 Å². The van der Waals surface area contributed by atoms with Crippen LogP contribution in [-0.2, 0) is 16.1 Å². The van der Waals surface area contributed by atoms with Gasteiger partial charge in [-0.1, -0.05) is 6.07 Å². The fourth-order valence-electron chi connectivity index (χ4n) is 1.58. The number of rotatable bonds is 8. The van der Waals surface area contributed by atoms with Crippen LogP contribution in [0.5, 0.6) is 5.75 Å². The number of nitrogens with two attached hydrogens (primary N) is 1. The third-order valence-electron chi connectivity index (χ3n) is 2.73. The molecule has 0 aromatic heterocycles. The molecule has 0 aliphatic carbocycles. The molecule has 1 atom stereocenters. The van der Waals surface area contributed by atoms with Gasteiger partial charge in [-0.15, -0.1) is 0 Å². The normalized spacial score (nSPS) is 12.0. The van der Waals surface area contributed by atoms with Gasteiger partial charge in [0.05, 0.1) is 0 Å². The first-order valence-corrected chi connectivity index (χ1v) is 6.50. The summed E-state index contributed by atoms with van der Waals surface area (Å²) in [6, 6.07) is 4.45. The van der Waals surface area contributed by atoms with Crippen molar-refractivity contribution < 1.29 is 18.7 Å². The van der Waals surface area contributed by atoms with Crippen LogP contribution in [0.4, 0.5) is 4.39 Å². The number of hydrogen-bond acceptors (Lipinski definition) is 4. The van der Waals surface area contributed by atoms with Crippen molar-refractivity contribution in [1.29, 1.82) is 0 Å². The zero-order chi connectivity index (χ0) is 15.0. The van der Waals surface area contributed by atoms with E-state index in [9.17, 15) is 9.18 Å². The maximum atomic E-state index is 13.7. The highest BCUT2D eigenvalue weighted by molar-refractivity contribution is 5.80. The Kier molecular flexibility index (Phi) is 6.97. The molecule has 5 nitrogen and oxygen atoms in total. The highest BCUT2D eigenvalue weighted by Gasteiger charge is 2.16. The number of nitrogens with one attached hydrogen (secondary N) is 1. The number of ether oxygens (including phenoxy) is 2. The standard InChI is InChI=1S/C14H21FN2O3/c1-10(14(18)17-6-3-7-19-2)20-13-5-4-11(9-16)8-12(13)15/h4-5,8,10H,3,6-7,9,16H2,1-2H3,(H,17,18). The predicted molar refractivity (Wildman–Crippen MR) is 73.9 cm³/mol. The molecule has 0 saturated carbocycles. The molecule has 0 spiro atoms. The van der Waals surface area contributed by atoms with Crippen LogP contribution in [0.15, 0.2) is 18.2 Å². The van der Waals surface area contributed by atoms with Crippen molar-refractivity contribution in [3.63, 3.8) is 0 Å². The van der Waals surface area contributed by atoms with E-state index >= 15 is 0 Å². The van der Waals surface area contributed by atoms with E-state index in [1.807, 2.05) is 0 Å². The van der Waals surface area contributed by atoms with E-state index in [2.05, 4.69) is 5.32 Å². The molecule has 6 heteroatoms. The maximum Gasteiger partial charge on any atom is 0.260 e. The van der Waals surface area contributed by atoms with Gasteiger partial charge in [-0.25, -0.2) is 4.39 Å². The number of halogens is 1. The van der Waals surface area contributed by atoms with Crippen LogP contribution >= 0.6 is 0 Å². The fourth-order valence-corrected chi connectivity index (χ4v) is 1.58. The van der Waals surface area contributed by atoms with Gasteiger partial charge >= 0.3 is 0 Å². The lowest BCUT2D eigenvalue weighted by atomic mass is 10.2. The molecule has 3 N–H and O–H groups in total. The summed E-state index contributed by atoms with van der Waals surface area (Å²) in [6.07, 6.45) is -0.0510. The fraction of sp³-hybridized carbons (Fsp3) is 0.500. The summed E-state index contributed by atoms with van der Waals surface area (Å²) < 4.78 is 23.9. The molecule has 0 aliphatic heterocycles. The predicted octanol–water partition coefficient (Wildman–Crippen LogP) is 1.20. The molecule has 1 unspecified atom stereocenters. The van der Waals surface area contributed by atoms with E-state index in [-0.39, 0.29) is 18.2 Å². The van der Waals surface area contributed by atoms with Gasteiger partial charge in [0.2, 0.25) is 0 Å². The molecule has 1 amide bonds. The molecule has 0 saturated heterocycles. The highest BCUT2D eigenvalue weighted by atomic mass is 19.1. The summed E-state index contributed by atoms with van der Waals surface area (Å²) in [7, 11) is 1.60. The quantitative estimate of drug-likeness (QED) is 0.704. The van der Waals surface area contributed by atoms with Crippen molar-refractivity contribution in [2.24, 2.45) is 5.73 Å². The Labute approximate surface area is 118 Å². The molecule has 1 rings (SSSR count). The second-order valence-electron chi connectivity index (χ2n) is 4.37. The monoisotopic (exact) mass is 284 g/mol. The highest BCUT2D eigenvalue weighted by Crippen LogP contribution is 2.19. The topological polar surface area (TPSA) is 73.6 Å². The number of hydrogen-bond donors (Lipinski definition) is 2. The van der Waals surface area contributed by atoms with Gasteiger partial charge in [0, 0.05) is 26.8 Å². The molecular weight excluding hydrogens is 263 g/mol. The van der Waals surface area contributed by atoms with Crippen molar-refractivity contribution in [3.05, 3.63) is 29.6 Å². The van der Waals surface area contributed by atoms with Crippen LogP contribution in [-0.4, -0.2) is 32.3 Å². The van der Waals surface area contributed by atoms with E-state index in [1.165, 1.54) is 12.1 Å². The van der Waals surface area contributed by atoms with Crippen LogP contribution in [0.3, 0.4) is 0 Å². The molecular formula is C14H21FN2O3. The lowest BCUT2D eigenvalue weighted by Gasteiger charge is -2.15. The molecule has 20 heavy (non-hydrogen) atoms. The van der Waals surface area contributed by atoms with Crippen molar-refractivity contribution in [1.82, 2.24) is 5.32 Å². The zero-order valence-corrected chi connectivity index (χ0v) is 11.8. The van der Waals surface area contributed by atoms with Gasteiger partial charge in [-0.05, 0) is 31.0 Å². The maximum absolute atomic E-state index is 13.7. The molecule has 0 radical (unpaired) electrons. The molecule has 1 aromatic carbocycles. The van der Waals surface area contributed by atoms with Gasteiger partial charge in [0.25, 0.3) is 5.91 Å². The smallest absolute Gasteiger partial charge is 0.260 e. The number of carbonyl (C=O) groups excluding carboxylic acids is 1. The van der Waals surface area contributed by atoms with E-state index in [0.29, 0.717) is 25.1 Å². The van der Waals surface area contributed by atoms with Crippen LogP contribution in [0, 0.1) is 5.82 Å². The summed E-state index contributed by atoms with van der Waals surface area (Å²) in [5, 5.41) is 2.69. The van der Waals surface area contributed by atoms with Gasteiger partial charge in [0.15, 0.2) is 17.7 Å². The third kappa shape index (κ3) is 5.14. The zero-order valence-electron chi connectivity index (χ0n) is 11.8. The summed E-state index contributed by atoms with van der Waals surface area (Å²) in [5.41, 5.74) is 6.09. The van der Waals surface area contributed by atoms with Gasteiger partial charge in [-0.2, -0.15) is 0 Å². The lowest BCUT2D eigenvalue weighted by molar-refractivity contribution is -0.127. The molecule has 0 heterocycles. The van der Waals surface area contributed by atoms with Crippen LogP contribution in [0.1, 0.15) is 18.9 Å². The van der Waals surface area contributed by atoms with Crippen molar-refractivity contribution in [2.45, 2.75) is 26.0 Å². The Bertz CT molecular complexity index is 440. The Hall–Kier alpha value is -1.66. The van der Waals surface area contributed by atoms with Crippen molar-refractivity contribution in [3.8, 4) is 5.75 Å². The summed E-state index contributed by atoms with van der Waals surface area (Å²) >= 11 is 0. The van der Waals surface area contributed by atoms with Crippen LogP contribution in [0.25, 0.3) is 0 Å². The largest absolute Gasteiger partial charge is 0.478 e. The number of methoxy groups -OCH3 is 1. The summed E-state index contributed by atoms with van der Waals surface area (Å²) in [5.74, 6) is -0.767. The number of amides is 1. The second-order valence-corrected chi connectivity index (χ2v) is 4.37. The van der Waals surface area contributed by atoms with Gasteiger partial charge in [-0.3, -0.25) is 4.79 Å². The van der Waals surface area contributed by atoms with Crippen molar-refractivity contribution >= 4 is 5.91 Å². The molecule has 0 bridgehead atoms. The first-order chi connectivity index (χ1) is 9.58. The molecule has 1 aromatic rings. The van der Waals surface area contributed by atoms with Crippen LogP contribution < -0.4 is 15.8 Å². The first-order valence-electron chi connectivity index (χ1n) is 6.50. The average Bonchev–Trinajstić information content (AvgIpc) is 2.45. The number of carbonyl (C=O) groups is 1. The Morgan fingerprint density at radius 2 is 2.25 bits per heavy atom. The van der Waals surface area contributed by atoms with E-state index in [1.54, 1.807) is 20.1 Å². The SMILES string of the molecule is COCCCNC(=O)C(C)Oc1ccc(CN)cc1F. The minimum atomic E-state index is -0.768. The third-order valence-corrected chi connectivity index (χ3v) is 2.73. The molecule has 0 aliphatic rings. The van der Waals surface area contributed by atoms with E-state index in [4.69, 9.17) is 15.2 Å². The van der Waals surface area contributed by atoms with Crippen LogP contribution in [0.2, 0.25) is 0 Å². The lowest BCUT2D eigenvalue weighted by Crippen LogP contribution is -2.37. The van der Waals surface area contributed by atoms with E-state index in [0.717, 1.165) is 0 Å².